The van der Waals surface area contributed by atoms with Gasteiger partial charge in [-0.1, -0.05) is 56.5 Å². The van der Waals surface area contributed by atoms with Gasteiger partial charge in [0.25, 0.3) is 0 Å². The molecule has 0 saturated heterocycles. The molecule has 0 bridgehead atoms. The van der Waals surface area contributed by atoms with Crippen molar-refractivity contribution >= 4 is 18.5 Å². The van der Waals surface area contributed by atoms with Crippen LogP contribution in [0.1, 0.15) is 19.8 Å². The topological polar surface area (TPSA) is 55.3 Å². The molecule has 0 radical (unpaired) electrons. The minimum atomic E-state index is -3.86. The van der Waals surface area contributed by atoms with Gasteiger partial charge >= 0.3 is 0 Å². The van der Waals surface area contributed by atoms with E-state index in [1.165, 1.54) is 0 Å². The number of unbranched alkanes of at least 4 members (excludes halogenated alkanes) is 1. The van der Waals surface area contributed by atoms with Crippen LogP contribution in [-0.4, -0.2) is 6.61 Å². The Balaban J connectivity index is 0.000000280. The summed E-state index contributed by atoms with van der Waals surface area (Å²) in [5.74, 6) is 0. The highest BCUT2D eigenvalue weighted by Crippen LogP contribution is 2.24. The Labute approximate surface area is 96.0 Å². The number of benzene rings is 1. The van der Waals surface area contributed by atoms with E-state index in [1.807, 2.05) is 43.3 Å². The molecule has 1 aromatic rings. The van der Waals surface area contributed by atoms with Crippen LogP contribution in [0, 0.1) is 0 Å². The summed E-state index contributed by atoms with van der Waals surface area (Å²) in [6.07, 6.45) is 1.65. The fraction of sp³-hybridized carbons (Fsp3) is 0.400. The monoisotopic (exact) mass is 246 g/mol. The quantitative estimate of drug-likeness (QED) is 0.595. The Morgan fingerprint density at radius 3 is 1.73 bits per heavy atom. The minimum absolute atomic E-state index is 0.223. The van der Waals surface area contributed by atoms with Crippen LogP contribution in [0.15, 0.2) is 36.4 Å². The molecule has 86 valence electrons. The van der Waals surface area contributed by atoms with Crippen LogP contribution in [0.4, 0.5) is 0 Å². The molecule has 5 heteroatoms. The maximum Gasteiger partial charge on any atom is 0.0486 e. The Kier molecular flexibility index (Phi) is 8.86. The summed E-state index contributed by atoms with van der Waals surface area (Å²) in [4.78, 5) is 20.3. The standard InChI is InChI=1S/C6H6.C4H11O3PS/c1-2-4-6-5-3-1;1-2-3-4-7-8(5,6)9/h1-6H;2-4H2,1H3,(H2,5,6,9)/p-2. The molecule has 0 aromatic heterocycles. The highest BCUT2D eigenvalue weighted by atomic mass is 32.5. The Morgan fingerprint density at radius 1 is 1.07 bits per heavy atom. The van der Waals surface area contributed by atoms with Crippen LogP contribution in [0.2, 0.25) is 0 Å². The third kappa shape index (κ3) is 13.8. The summed E-state index contributed by atoms with van der Waals surface area (Å²) in [5, 5.41) is 0. The number of hydrogen-bond donors (Lipinski definition) is 0. The lowest BCUT2D eigenvalue weighted by Gasteiger charge is -2.33. The van der Waals surface area contributed by atoms with Gasteiger partial charge < -0.3 is 14.3 Å². The summed E-state index contributed by atoms with van der Waals surface area (Å²) in [7, 11) is 0. The van der Waals surface area contributed by atoms with Crippen LogP contribution >= 0.6 is 6.72 Å². The molecule has 0 aliphatic rings. The van der Waals surface area contributed by atoms with Crippen molar-refractivity contribution in [3.8, 4) is 0 Å². The summed E-state index contributed by atoms with van der Waals surface area (Å²) < 4.78 is 4.28. The van der Waals surface area contributed by atoms with Crippen molar-refractivity contribution in [3.05, 3.63) is 36.4 Å². The van der Waals surface area contributed by atoms with Gasteiger partial charge in [0.05, 0.1) is 0 Å². The highest BCUT2D eigenvalue weighted by Gasteiger charge is 1.84. The second-order valence-electron chi connectivity index (χ2n) is 2.79. The highest BCUT2D eigenvalue weighted by molar-refractivity contribution is 8.05. The van der Waals surface area contributed by atoms with Gasteiger partial charge in [0, 0.05) is 6.61 Å². The maximum atomic E-state index is 10.1. The molecule has 1 aromatic carbocycles. The maximum absolute atomic E-state index is 10.1. The molecule has 0 atom stereocenters. The molecule has 0 aliphatic carbocycles. The molecule has 0 N–H and O–H groups in total. The van der Waals surface area contributed by atoms with Gasteiger partial charge in [0.2, 0.25) is 0 Å². The van der Waals surface area contributed by atoms with Crippen LogP contribution in [0.5, 0.6) is 0 Å². The Morgan fingerprint density at radius 2 is 1.47 bits per heavy atom. The van der Waals surface area contributed by atoms with Crippen molar-refractivity contribution in [3.63, 3.8) is 0 Å². The van der Waals surface area contributed by atoms with Gasteiger partial charge in [-0.15, -0.1) is 11.8 Å². The van der Waals surface area contributed by atoms with Gasteiger partial charge in [-0.25, -0.2) is 0 Å². The Hall–Kier alpha value is -0.250. The average Bonchev–Trinajstić information content (AvgIpc) is 2.20. The summed E-state index contributed by atoms with van der Waals surface area (Å²) in [5.41, 5.74) is 0. The molecule has 15 heavy (non-hydrogen) atoms. The second-order valence-corrected chi connectivity index (χ2v) is 5.28. The van der Waals surface area contributed by atoms with Crippen molar-refractivity contribution < 1.29 is 14.3 Å². The third-order valence-electron chi connectivity index (χ3n) is 1.41. The fourth-order valence-electron chi connectivity index (χ4n) is 0.706. The first-order valence-corrected chi connectivity index (χ1v) is 7.28. The Bertz CT molecular complexity index is 247. The normalized spacial score (nSPS) is 10.3. The smallest absolute Gasteiger partial charge is 0.0486 e. The SMILES string of the molecule is CCCCOP([O-])([O-])=S.c1ccccc1. The molecule has 1 rings (SSSR count). The van der Waals surface area contributed by atoms with Crippen molar-refractivity contribution in [2.45, 2.75) is 19.8 Å². The summed E-state index contributed by atoms with van der Waals surface area (Å²) in [6.45, 7) is -1.69. The fourth-order valence-corrected chi connectivity index (χ4v) is 1.28. The molecule has 0 fully saturated rings. The molecule has 0 spiro atoms. The van der Waals surface area contributed by atoms with Crippen molar-refractivity contribution in [2.24, 2.45) is 0 Å². The van der Waals surface area contributed by atoms with Crippen LogP contribution in [0.3, 0.4) is 0 Å². The van der Waals surface area contributed by atoms with E-state index in [-0.39, 0.29) is 6.61 Å². The van der Waals surface area contributed by atoms with E-state index < -0.39 is 6.72 Å². The van der Waals surface area contributed by atoms with Crippen molar-refractivity contribution in [2.75, 3.05) is 6.61 Å². The zero-order valence-corrected chi connectivity index (χ0v) is 10.4. The first-order chi connectivity index (χ1) is 7.06. The van der Waals surface area contributed by atoms with Crippen LogP contribution in [-0.2, 0) is 16.3 Å². The lowest BCUT2D eigenvalue weighted by molar-refractivity contribution is -0.321. The van der Waals surface area contributed by atoms with Gasteiger partial charge in [0.15, 0.2) is 0 Å². The number of rotatable bonds is 4. The first kappa shape index (κ1) is 14.8. The minimum Gasteiger partial charge on any atom is -0.812 e. The zero-order chi connectivity index (χ0) is 11.6. The van der Waals surface area contributed by atoms with Crippen LogP contribution < -0.4 is 9.79 Å². The lowest BCUT2D eigenvalue weighted by Crippen LogP contribution is -2.16. The van der Waals surface area contributed by atoms with Crippen LogP contribution in [0.25, 0.3) is 0 Å². The van der Waals surface area contributed by atoms with E-state index in [2.05, 4.69) is 16.3 Å². The van der Waals surface area contributed by atoms with Gasteiger partial charge in [0.1, 0.15) is 0 Å². The molecular formula is C10H15O3PS-2. The van der Waals surface area contributed by atoms with Gasteiger partial charge in [-0.2, -0.15) is 0 Å². The van der Waals surface area contributed by atoms with E-state index in [1.54, 1.807) is 0 Å². The van der Waals surface area contributed by atoms with E-state index in [0.717, 1.165) is 12.8 Å². The van der Waals surface area contributed by atoms with E-state index >= 15 is 0 Å². The van der Waals surface area contributed by atoms with Gasteiger partial charge in [-0.3, -0.25) is 0 Å². The van der Waals surface area contributed by atoms with Gasteiger partial charge in [-0.05, 0) is 6.42 Å². The average molecular weight is 246 g/mol. The van der Waals surface area contributed by atoms with Crippen molar-refractivity contribution in [1.29, 1.82) is 0 Å². The molecular weight excluding hydrogens is 231 g/mol. The largest absolute Gasteiger partial charge is 0.812 e. The summed E-state index contributed by atoms with van der Waals surface area (Å²) in [6, 6.07) is 12.0. The molecule has 0 unspecified atom stereocenters. The van der Waals surface area contributed by atoms with E-state index in [9.17, 15) is 9.79 Å². The van der Waals surface area contributed by atoms with Crippen molar-refractivity contribution in [1.82, 2.24) is 0 Å². The predicted molar refractivity (Wildman–Crippen MR) is 61.6 cm³/mol. The number of hydrogen-bond acceptors (Lipinski definition) is 4. The first-order valence-electron chi connectivity index (χ1n) is 4.73. The molecule has 3 nitrogen and oxygen atoms in total. The zero-order valence-electron chi connectivity index (χ0n) is 8.67. The molecule has 0 aliphatic heterocycles. The third-order valence-corrected chi connectivity index (χ3v) is 2.23. The predicted octanol–water partition coefficient (Wildman–Crippen LogP) is 1.43. The van der Waals surface area contributed by atoms with E-state index in [0.29, 0.717) is 0 Å². The second kappa shape index (κ2) is 9.01. The molecule has 0 saturated carbocycles. The molecule has 0 heterocycles. The summed E-state index contributed by atoms with van der Waals surface area (Å²) >= 11 is 3.98. The van der Waals surface area contributed by atoms with E-state index in [4.69, 9.17) is 0 Å². The molecule has 0 amide bonds. The lowest BCUT2D eigenvalue weighted by atomic mass is 10.4.